The normalized spacial score (nSPS) is 6.40. The zero-order valence-corrected chi connectivity index (χ0v) is 2.71. The predicted molar refractivity (Wildman–Crippen MR) is 20.1 cm³/mol. The van der Waals surface area contributed by atoms with E-state index >= 15 is 0 Å². The summed E-state index contributed by atoms with van der Waals surface area (Å²) >= 11 is 0. The third-order valence-corrected chi connectivity index (χ3v) is 0.177. The first-order valence-corrected chi connectivity index (χ1v) is 1.21. The highest BCUT2D eigenvalue weighted by molar-refractivity contribution is 5.75. The Balaban J connectivity index is 2.65. The van der Waals surface area contributed by atoms with Gasteiger partial charge in [-0.3, -0.25) is 0 Å². The molecule has 0 aromatic rings. The minimum Gasteiger partial charge on any atom is -0.303 e. The van der Waals surface area contributed by atoms with Gasteiger partial charge in [0.1, 0.15) is 0 Å². The van der Waals surface area contributed by atoms with E-state index < -0.39 is 0 Å². The van der Waals surface area contributed by atoms with Crippen LogP contribution >= 0.6 is 0 Å². The van der Waals surface area contributed by atoms with Crippen molar-refractivity contribution < 1.29 is 0 Å². The van der Waals surface area contributed by atoms with Crippen molar-refractivity contribution in [1.29, 1.82) is 10.8 Å². The van der Waals surface area contributed by atoms with Gasteiger partial charge in [-0.15, -0.1) is 0 Å². The largest absolute Gasteiger partial charge is 0.303 e. The van der Waals surface area contributed by atoms with Crippen molar-refractivity contribution in [3.63, 3.8) is 0 Å². The Hall–Kier alpha value is -0.660. The van der Waals surface area contributed by atoms with Gasteiger partial charge in [-0.05, 0) is 0 Å². The highest BCUT2D eigenvalue weighted by Gasteiger charge is 1.60. The van der Waals surface area contributed by atoms with Gasteiger partial charge in [0, 0.05) is 6.42 Å². The van der Waals surface area contributed by atoms with Crippen LogP contribution in [0.5, 0.6) is 0 Å². The van der Waals surface area contributed by atoms with Crippen molar-refractivity contribution in [2.75, 3.05) is 0 Å². The molecule has 0 aliphatic carbocycles. The summed E-state index contributed by atoms with van der Waals surface area (Å²) in [5.74, 6) is 0. The second-order valence-corrected chi connectivity index (χ2v) is 0.530. The number of hydrogen-bond donors (Lipinski definition) is 2. The lowest BCUT2D eigenvalue weighted by molar-refractivity contribution is 1.45. The molecule has 0 aromatic heterocycles. The molecular formula is C3H4N2. The zero-order chi connectivity index (χ0) is 4.12. The van der Waals surface area contributed by atoms with Gasteiger partial charge in [-0.25, -0.2) is 0 Å². The van der Waals surface area contributed by atoms with E-state index in [1.807, 2.05) is 12.4 Å². The summed E-state index contributed by atoms with van der Waals surface area (Å²) in [6, 6.07) is 0. The van der Waals surface area contributed by atoms with Crippen molar-refractivity contribution in [3.8, 4) is 0 Å². The molecule has 0 fully saturated rings. The number of rotatable bonds is 2. The molecule has 0 aliphatic rings. The van der Waals surface area contributed by atoms with Crippen molar-refractivity contribution in [3.05, 3.63) is 0 Å². The highest BCUT2D eigenvalue weighted by atomic mass is 14.3. The minimum absolute atomic E-state index is 0.222. The molecule has 2 radical (unpaired) electrons. The summed E-state index contributed by atoms with van der Waals surface area (Å²) in [5.41, 5.74) is 0. The van der Waals surface area contributed by atoms with Gasteiger partial charge in [0.05, 0.1) is 12.4 Å². The van der Waals surface area contributed by atoms with E-state index in [-0.39, 0.29) is 6.42 Å². The summed E-state index contributed by atoms with van der Waals surface area (Å²) in [5, 5.41) is 12.3. The summed E-state index contributed by atoms with van der Waals surface area (Å²) in [4.78, 5) is 0. The molecule has 0 saturated heterocycles. The predicted octanol–water partition coefficient (Wildman–Crippen LogP) is 0.430. The van der Waals surface area contributed by atoms with Crippen LogP contribution in [0.4, 0.5) is 0 Å². The minimum atomic E-state index is 0.222. The Morgan fingerprint density at radius 1 is 1.20 bits per heavy atom. The smallest absolute Gasteiger partial charge is 0.0585 e. The van der Waals surface area contributed by atoms with Crippen LogP contribution in [0.25, 0.3) is 0 Å². The second kappa shape index (κ2) is 3.34. The molecule has 2 nitrogen and oxygen atoms in total. The third kappa shape index (κ3) is 3.34. The Kier molecular flexibility index (Phi) is 2.90. The van der Waals surface area contributed by atoms with Gasteiger partial charge in [-0.2, -0.15) is 0 Å². The fraction of sp³-hybridized carbons (Fsp3) is 0.333. The molecule has 0 saturated carbocycles. The van der Waals surface area contributed by atoms with E-state index in [9.17, 15) is 0 Å². The molecule has 0 bridgehead atoms. The number of nitrogens with one attached hydrogen (secondary N) is 2. The van der Waals surface area contributed by atoms with Crippen LogP contribution in [0, 0.1) is 10.8 Å². The second-order valence-electron chi connectivity index (χ2n) is 0.530. The van der Waals surface area contributed by atoms with Crippen LogP contribution < -0.4 is 0 Å². The third-order valence-electron chi connectivity index (χ3n) is 0.177. The van der Waals surface area contributed by atoms with E-state index in [0.717, 1.165) is 0 Å². The lowest BCUT2D eigenvalue weighted by atomic mass is 10.5. The zero-order valence-electron chi connectivity index (χ0n) is 2.71. The molecule has 26 valence electrons. The van der Waals surface area contributed by atoms with E-state index in [1.165, 1.54) is 0 Å². The molecule has 0 heterocycles. The molecule has 0 aliphatic heterocycles. The quantitative estimate of drug-likeness (QED) is 0.441. The standard InChI is InChI=1S/C3H4N2/c4-2-1-3-5/h4-5H,1H2. The van der Waals surface area contributed by atoms with E-state index in [1.54, 1.807) is 0 Å². The van der Waals surface area contributed by atoms with Crippen LogP contribution in [0.3, 0.4) is 0 Å². The Bertz CT molecular complexity index is 34.2. The molecule has 0 unspecified atom stereocenters. The Morgan fingerprint density at radius 3 is 1.60 bits per heavy atom. The Morgan fingerprint density at radius 2 is 1.60 bits per heavy atom. The van der Waals surface area contributed by atoms with Crippen molar-refractivity contribution >= 4 is 12.4 Å². The molecule has 2 heteroatoms. The molecule has 0 aromatic carbocycles. The van der Waals surface area contributed by atoms with Crippen molar-refractivity contribution in [1.82, 2.24) is 0 Å². The summed E-state index contributed by atoms with van der Waals surface area (Å²) < 4.78 is 0. The summed E-state index contributed by atoms with van der Waals surface area (Å²) in [7, 11) is 0. The maximum Gasteiger partial charge on any atom is 0.0585 e. The topological polar surface area (TPSA) is 47.7 Å². The lowest BCUT2D eigenvalue weighted by Gasteiger charge is -1.58. The van der Waals surface area contributed by atoms with Gasteiger partial charge >= 0.3 is 0 Å². The fourth-order valence-electron chi connectivity index (χ4n) is 0.0442. The van der Waals surface area contributed by atoms with Gasteiger partial charge in [0.2, 0.25) is 0 Å². The summed E-state index contributed by atoms with van der Waals surface area (Å²) in [6.45, 7) is 0. The SMILES string of the molecule is N=[C]C[C]=N. The monoisotopic (exact) mass is 68.0 g/mol. The molecule has 2 N–H and O–H groups in total. The highest BCUT2D eigenvalue weighted by Crippen LogP contribution is 1.52. The maximum atomic E-state index is 6.17. The maximum absolute atomic E-state index is 6.17. The van der Waals surface area contributed by atoms with Crippen LogP contribution in [0.2, 0.25) is 0 Å². The molecule has 0 amide bonds. The van der Waals surface area contributed by atoms with E-state index in [4.69, 9.17) is 10.8 Å². The Labute approximate surface area is 30.8 Å². The average Bonchev–Trinajstić information content (AvgIpc) is 1.41. The summed E-state index contributed by atoms with van der Waals surface area (Å²) in [6.07, 6.45) is 4.16. The van der Waals surface area contributed by atoms with Crippen molar-refractivity contribution in [2.45, 2.75) is 6.42 Å². The molecule has 0 atom stereocenters. The average molecular weight is 68.1 g/mol. The molecule has 0 spiro atoms. The van der Waals surface area contributed by atoms with Crippen LogP contribution in [-0.2, 0) is 0 Å². The van der Waals surface area contributed by atoms with Gasteiger partial charge in [0.15, 0.2) is 0 Å². The molecule has 0 rings (SSSR count). The molecule has 5 heavy (non-hydrogen) atoms. The first kappa shape index (κ1) is 4.34. The van der Waals surface area contributed by atoms with E-state index in [0.29, 0.717) is 0 Å². The number of hydrogen-bond acceptors (Lipinski definition) is 2. The van der Waals surface area contributed by atoms with Crippen LogP contribution in [0.15, 0.2) is 0 Å². The molecular weight excluding hydrogens is 64.0 g/mol. The van der Waals surface area contributed by atoms with Gasteiger partial charge in [-0.1, -0.05) is 0 Å². The first-order valence-electron chi connectivity index (χ1n) is 1.21. The van der Waals surface area contributed by atoms with Crippen LogP contribution in [-0.4, -0.2) is 12.4 Å². The first-order chi connectivity index (χ1) is 2.41. The van der Waals surface area contributed by atoms with Gasteiger partial charge < -0.3 is 10.8 Å². The van der Waals surface area contributed by atoms with Crippen LogP contribution in [0.1, 0.15) is 6.42 Å². The van der Waals surface area contributed by atoms with E-state index in [2.05, 4.69) is 0 Å². The van der Waals surface area contributed by atoms with Gasteiger partial charge in [0.25, 0.3) is 0 Å². The fourth-order valence-corrected chi connectivity index (χ4v) is 0.0442. The lowest BCUT2D eigenvalue weighted by Crippen LogP contribution is -1.67. The van der Waals surface area contributed by atoms with Crippen molar-refractivity contribution in [2.24, 2.45) is 0 Å².